The number of pyridine rings is 1. The summed E-state index contributed by atoms with van der Waals surface area (Å²) in [5, 5.41) is 10.4. The van der Waals surface area contributed by atoms with E-state index in [1.54, 1.807) is 6.20 Å². The minimum atomic E-state index is -5.77. The number of nitrogens with zero attached hydrogens (tertiary/aromatic N) is 4. The number of Topliss-reactive ketones (excluding diaryl/α,β-unsaturated/α-hetero) is 2. The lowest BCUT2D eigenvalue weighted by Crippen LogP contribution is -2.43. The SMILES string of the molecule is Clc1cnc2nc1Nc1cccc(c1)OCCc1cc(cc(-c3ccc(N4CCNCC4)nc3)c1)N2.O=C(C(=O)C(F)(F)F)C(F)(F)F.O=CC(F)(F)F. The molecule has 6 rings (SSSR count). The average molecular weight is 792 g/mol. The maximum Gasteiger partial charge on any atom is 0.458 e. The molecule has 288 valence electrons. The van der Waals surface area contributed by atoms with Gasteiger partial charge in [-0.15, -0.1) is 0 Å². The van der Waals surface area contributed by atoms with Crippen LogP contribution in [0.25, 0.3) is 11.1 Å². The smallest absolute Gasteiger partial charge is 0.458 e. The number of hydrogen-bond acceptors (Lipinski definition) is 11. The number of benzene rings is 2. The van der Waals surface area contributed by atoms with Crippen molar-refractivity contribution in [2.24, 2.45) is 0 Å². The van der Waals surface area contributed by atoms with Gasteiger partial charge in [-0.2, -0.15) is 44.5 Å². The third-order valence-corrected chi connectivity index (χ3v) is 7.40. The standard InChI is InChI=1S/C27H26ClN7O.C4F6O2.C2HF3O/c28-24-17-31-27-33-22-13-18(6-11-36-23-3-1-2-21(15-23)32-26(24)34-27)12-20(14-22)19-4-5-25(30-16-19)35-9-7-29-8-10-35;5-3(6,7)1(11)2(12)4(8,9)10;3-2(4,5)1-6/h1-5,12-17,29H,6-11H2,(H2,31,32,33,34);;1H. The minimum absolute atomic E-state index is 0.434. The largest absolute Gasteiger partial charge is 0.493 e. The molecule has 11 nitrogen and oxygen atoms in total. The van der Waals surface area contributed by atoms with Gasteiger partial charge in [-0.25, -0.2) is 9.97 Å². The van der Waals surface area contributed by atoms with E-state index in [0.29, 0.717) is 23.4 Å². The van der Waals surface area contributed by atoms with Crippen LogP contribution in [0.2, 0.25) is 5.02 Å². The van der Waals surface area contributed by atoms with E-state index in [0.717, 1.165) is 72.2 Å². The molecule has 3 N–H and O–H groups in total. The Balaban J connectivity index is 0.000000301. The summed E-state index contributed by atoms with van der Waals surface area (Å²) in [7, 11) is 0. The number of nitrogens with one attached hydrogen (secondary N) is 3. The van der Waals surface area contributed by atoms with E-state index >= 15 is 0 Å². The molecule has 0 amide bonds. The molecule has 6 bridgehead atoms. The van der Waals surface area contributed by atoms with Crippen LogP contribution in [0.1, 0.15) is 5.56 Å². The van der Waals surface area contributed by atoms with Crippen LogP contribution in [0.4, 0.5) is 68.5 Å². The summed E-state index contributed by atoms with van der Waals surface area (Å²) in [6, 6.07) is 18.4. The predicted molar refractivity (Wildman–Crippen MR) is 178 cm³/mol. The van der Waals surface area contributed by atoms with Gasteiger partial charge in [-0.3, -0.25) is 14.4 Å². The van der Waals surface area contributed by atoms with Crippen molar-refractivity contribution in [2.45, 2.75) is 24.9 Å². The molecule has 2 aromatic carbocycles. The molecule has 1 saturated heterocycles. The van der Waals surface area contributed by atoms with Gasteiger partial charge in [0.25, 0.3) is 0 Å². The number of aromatic nitrogens is 3. The summed E-state index contributed by atoms with van der Waals surface area (Å²) in [4.78, 5) is 44.0. The third-order valence-electron chi connectivity index (χ3n) is 7.13. The van der Waals surface area contributed by atoms with Crippen LogP contribution < -0.4 is 25.6 Å². The van der Waals surface area contributed by atoms with E-state index < -0.39 is 36.4 Å². The Labute approximate surface area is 304 Å². The van der Waals surface area contributed by atoms with E-state index in [1.165, 1.54) is 0 Å². The van der Waals surface area contributed by atoms with Gasteiger partial charge in [0.1, 0.15) is 16.6 Å². The molecule has 0 atom stereocenters. The Morgan fingerprint density at radius 3 is 2.06 bits per heavy atom. The molecule has 0 saturated carbocycles. The summed E-state index contributed by atoms with van der Waals surface area (Å²) >= 11 is 6.37. The number of halogens is 10. The summed E-state index contributed by atoms with van der Waals surface area (Å²) in [6.07, 6.45) is -13.0. The highest BCUT2D eigenvalue weighted by molar-refractivity contribution is 6.41. The number of fused-ring (bicyclic) bond motifs is 6. The molecule has 0 radical (unpaired) electrons. The number of ketones is 2. The highest BCUT2D eigenvalue weighted by Crippen LogP contribution is 2.31. The third kappa shape index (κ3) is 12.3. The van der Waals surface area contributed by atoms with Crippen molar-refractivity contribution < 1.29 is 58.6 Å². The van der Waals surface area contributed by atoms with Crippen molar-refractivity contribution in [3.63, 3.8) is 0 Å². The van der Waals surface area contributed by atoms with E-state index in [4.69, 9.17) is 26.1 Å². The van der Waals surface area contributed by atoms with E-state index in [-0.39, 0.29) is 0 Å². The summed E-state index contributed by atoms with van der Waals surface area (Å²) in [5.41, 5.74) is 4.98. The van der Waals surface area contributed by atoms with Crippen LogP contribution in [0.15, 0.2) is 67.0 Å². The number of rotatable bonds is 3. The Bertz CT molecular complexity index is 1910. The van der Waals surface area contributed by atoms with Crippen LogP contribution >= 0.6 is 11.6 Å². The Morgan fingerprint density at radius 2 is 1.46 bits per heavy atom. The first kappa shape index (κ1) is 41.3. The Morgan fingerprint density at radius 1 is 0.796 bits per heavy atom. The number of carbonyl (C=O) groups is 3. The first-order chi connectivity index (χ1) is 25.3. The molecule has 2 aliphatic heterocycles. The number of alkyl halides is 9. The van der Waals surface area contributed by atoms with Gasteiger partial charge >= 0.3 is 30.1 Å². The molecule has 2 aliphatic rings. The van der Waals surface area contributed by atoms with Crippen molar-refractivity contribution in [1.29, 1.82) is 0 Å². The Hall–Kier alpha value is -5.50. The number of aldehydes is 1. The zero-order valence-electron chi connectivity index (χ0n) is 27.4. The first-order valence-electron chi connectivity index (χ1n) is 15.4. The monoisotopic (exact) mass is 791 g/mol. The number of carbonyl (C=O) groups excluding carboxylic acids is 3. The second kappa shape index (κ2) is 17.5. The zero-order chi connectivity index (χ0) is 39.7. The first-order valence-corrected chi connectivity index (χ1v) is 15.8. The lowest BCUT2D eigenvalue weighted by molar-refractivity contribution is -0.193. The van der Waals surface area contributed by atoms with Crippen LogP contribution in [0.5, 0.6) is 5.75 Å². The predicted octanol–water partition coefficient (Wildman–Crippen LogP) is 7.02. The highest BCUT2D eigenvalue weighted by Gasteiger charge is 2.54. The van der Waals surface area contributed by atoms with Crippen LogP contribution in [-0.4, -0.2) is 84.1 Å². The molecule has 4 heterocycles. The molecular weight excluding hydrogens is 765 g/mol. The fraction of sp³-hybridized carbons (Fsp3) is 0.273. The average Bonchev–Trinajstić information content (AvgIpc) is 3.12. The van der Waals surface area contributed by atoms with E-state index in [1.807, 2.05) is 30.5 Å². The topological polar surface area (TPSA) is 138 Å². The van der Waals surface area contributed by atoms with Gasteiger partial charge < -0.3 is 25.6 Å². The van der Waals surface area contributed by atoms with Crippen LogP contribution in [0, 0.1) is 0 Å². The summed E-state index contributed by atoms with van der Waals surface area (Å²) in [6.45, 7) is 4.45. The van der Waals surface area contributed by atoms with E-state index in [9.17, 15) is 49.1 Å². The maximum atomic E-state index is 11.2. The second-order valence-corrected chi connectivity index (χ2v) is 11.5. The van der Waals surface area contributed by atoms with Crippen molar-refractivity contribution in [1.82, 2.24) is 20.3 Å². The van der Waals surface area contributed by atoms with Crippen molar-refractivity contribution >= 4 is 58.4 Å². The number of anilines is 5. The van der Waals surface area contributed by atoms with Gasteiger partial charge in [0.2, 0.25) is 12.2 Å². The number of ether oxygens (including phenoxy) is 1. The van der Waals surface area contributed by atoms with Crippen molar-refractivity contribution in [2.75, 3.05) is 48.3 Å². The fourth-order valence-corrected chi connectivity index (χ4v) is 4.84. The quantitative estimate of drug-likeness (QED) is 0.112. The summed E-state index contributed by atoms with van der Waals surface area (Å²) in [5.74, 6) is -4.04. The zero-order valence-corrected chi connectivity index (χ0v) is 28.1. The van der Waals surface area contributed by atoms with Gasteiger partial charge in [0.05, 0.1) is 12.8 Å². The molecule has 4 aromatic rings. The molecule has 1 fully saturated rings. The van der Waals surface area contributed by atoms with Gasteiger partial charge in [-0.05, 0) is 47.5 Å². The Kier molecular flexibility index (Phi) is 13.4. The molecule has 21 heteroatoms. The highest BCUT2D eigenvalue weighted by atomic mass is 35.5. The second-order valence-electron chi connectivity index (χ2n) is 11.1. The van der Waals surface area contributed by atoms with Gasteiger partial charge in [0.15, 0.2) is 5.82 Å². The minimum Gasteiger partial charge on any atom is -0.493 e. The van der Waals surface area contributed by atoms with Gasteiger partial charge in [-0.1, -0.05) is 23.7 Å². The molecule has 0 aliphatic carbocycles. The lowest BCUT2D eigenvalue weighted by atomic mass is 10.0. The number of hydrogen-bond donors (Lipinski definition) is 3. The molecule has 2 aromatic heterocycles. The normalized spacial score (nSPS) is 14.2. The summed E-state index contributed by atoms with van der Waals surface area (Å²) < 4.78 is 104. The maximum absolute atomic E-state index is 11.2. The lowest BCUT2D eigenvalue weighted by Gasteiger charge is -2.28. The fourth-order valence-electron chi connectivity index (χ4n) is 4.70. The van der Waals surface area contributed by atoms with Gasteiger partial charge in [0, 0.05) is 61.8 Å². The number of piperazine rings is 1. The molecule has 0 unspecified atom stereocenters. The van der Waals surface area contributed by atoms with Crippen molar-refractivity contribution in [3.8, 4) is 16.9 Å². The molecule has 0 spiro atoms. The van der Waals surface area contributed by atoms with Crippen molar-refractivity contribution in [3.05, 3.63) is 77.6 Å². The van der Waals surface area contributed by atoms with Crippen LogP contribution in [-0.2, 0) is 20.8 Å². The molecular formula is C33H27ClF9N7O4. The molecule has 54 heavy (non-hydrogen) atoms. The van der Waals surface area contributed by atoms with E-state index in [2.05, 4.69) is 61.2 Å². The van der Waals surface area contributed by atoms with Crippen LogP contribution in [0.3, 0.4) is 0 Å².